The summed E-state index contributed by atoms with van der Waals surface area (Å²) in [6.07, 6.45) is -0.572. The van der Waals surface area contributed by atoms with Gasteiger partial charge in [-0.15, -0.1) is 0 Å². The number of carboxylic acids is 4. The van der Waals surface area contributed by atoms with Crippen LogP contribution in [0, 0.1) is 0 Å². The molecule has 0 saturated heterocycles. The number of nitrogens with one attached hydrogen (secondary N) is 4. The van der Waals surface area contributed by atoms with Crippen LogP contribution in [0.4, 0.5) is 0 Å². The normalized spacial score (nSPS) is 9.92. The molecule has 0 rings (SSSR count). The van der Waals surface area contributed by atoms with Crippen molar-refractivity contribution >= 4 is 47.1 Å². The molecule has 0 aromatic heterocycles. The molecule has 0 aromatic rings. The van der Waals surface area contributed by atoms with Gasteiger partial charge in [0.1, 0.15) is 23.4 Å². The molecule has 16 heteroatoms. The van der Waals surface area contributed by atoms with Gasteiger partial charge in [0.2, 0.25) is 5.91 Å². The Balaban J connectivity index is -0.0000000273. The summed E-state index contributed by atoms with van der Waals surface area (Å²) in [6, 6.07) is -3.25. The summed E-state index contributed by atoms with van der Waals surface area (Å²) in [7, 11) is 4.59. The van der Waals surface area contributed by atoms with Gasteiger partial charge < -0.3 is 41.7 Å². The van der Waals surface area contributed by atoms with E-state index in [0.717, 1.165) is 0 Å². The van der Waals surface area contributed by atoms with Crippen LogP contribution in [0.1, 0.15) is 142 Å². The fourth-order valence-electron chi connectivity index (χ4n) is 2.70. The van der Waals surface area contributed by atoms with E-state index in [1.165, 1.54) is 27.8 Å². The number of Topliss-reactive ketones (excluding diaryl/α,β-unsaturated/α-hetero) is 3. The maximum atomic E-state index is 11.6. The van der Waals surface area contributed by atoms with Gasteiger partial charge in [0.05, 0.1) is 31.0 Å². The highest BCUT2D eigenvalue weighted by Gasteiger charge is 2.26. The molecule has 0 spiro atoms. The Labute approximate surface area is 314 Å². The van der Waals surface area contributed by atoms with Crippen LogP contribution in [0.25, 0.3) is 0 Å². The minimum atomic E-state index is -1.35. The van der Waals surface area contributed by atoms with E-state index in [4.69, 9.17) is 20.4 Å². The third kappa shape index (κ3) is 58.8. The SMILES string of the molecule is C.C.C.C.C.C.C.C.C.C.C.C.CNC(CC(=O)O)C(=O)NC(CC(C)=O)C(=O)O.CNC(CC(=O)O)C(C)=O.CNC(CCC(=O)O)C(C)=O. The summed E-state index contributed by atoms with van der Waals surface area (Å²) in [6.45, 7) is 4.02. The fraction of sp³-hybridized carbons (Fsp3) is 0.771. The zero-order chi connectivity index (χ0) is 31.3. The lowest BCUT2D eigenvalue weighted by Crippen LogP contribution is -2.50. The van der Waals surface area contributed by atoms with E-state index < -0.39 is 54.3 Å². The van der Waals surface area contributed by atoms with Crippen LogP contribution in [-0.4, -0.2) is 113 Å². The molecule has 51 heavy (non-hydrogen) atoms. The Morgan fingerprint density at radius 3 is 0.961 bits per heavy atom. The number of rotatable bonds is 17. The monoisotopic (exact) mass is 757 g/mol. The lowest BCUT2D eigenvalue weighted by Gasteiger charge is -2.18. The molecule has 0 aromatic carbocycles. The minimum Gasteiger partial charge on any atom is -0.481 e. The fourth-order valence-corrected chi connectivity index (χ4v) is 2.70. The Morgan fingerprint density at radius 1 is 0.451 bits per heavy atom. The highest BCUT2D eigenvalue weighted by Crippen LogP contribution is 1.99. The highest BCUT2D eigenvalue weighted by atomic mass is 16.4. The van der Waals surface area contributed by atoms with Crippen molar-refractivity contribution in [3.63, 3.8) is 0 Å². The van der Waals surface area contributed by atoms with E-state index in [-0.39, 0.29) is 132 Å². The molecule has 8 N–H and O–H groups in total. The maximum Gasteiger partial charge on any atom is 0.326 e. The molecule has 0 bridgehead atoms. The number of carbonyl (C=O) groups excluding carboxylic acids is 4. The van der Waals surface area contributed by atoms with E-state index in [1.54, 1.807) is 14.1 Å². The van der Waals surface area contributed by atoms with Gasteiger partial charge in [-0.1, -0.05) is 89.1 Å². The maximum absolute atomic E-state index is 11.6. The van der Waals surface area contributed by atoms with E-state index in [9.17, 15) is 38.4 Å². The number of hydrogen-bond donors (Lipinski definition) is 8. The molecule has 0 fully saturated rings. The van der Waals surface area contributed by atoms with Gasteiger partial charge >= 0.3 is 23.9 Å². The van der Waals surface area contributed by atoms with Crippen LogP contribution in [0.2, 0.25) is 0 Å². The largest absolute Gasteiger partial charge is 0.481 e. The highest BCUT2D eigenvalue weighted by molar-refractivity contribution is 5.92. The van der Waals surface area contributed by atoms with Crippen molar-refractivity contribution in [3.05, 3.63) is 0 Å². The lowest BCUT2D eigenvalue weighted by atomic mass is 10.1. The van der Waals surface area contributed by atoms with Crippen LogP contribution in [0.5, 0.6) is 0 Å². The van der Waals surface area contributed by atoms with Crippen molar-refractivity contribution in [2.45, 2.75) is 166 Å². The van der Waals surface area contributed by atoms with Crippen molar-refractivity contribution in [2.75, 3.05) is 21.1 Å². The molecule has 4 unspecified atom stereocenters. The molecule has 16 nitrogen and oxygen atoms in total. The lowest BCUT2D eigenvalue weighted by molar-refractivity contribution is -0.144. The van der Waals surface area contributed by atoms with Crippen LogP contribution in [-0.2, 0) is 38.4 Å². The molecule has 0 saturated carbocycles. The van der Waals surface area contributed by atoms with Gasteiger partial charge in [0.15, 0.2) is 0 Å². The molecule has 4 atom stereocenters. The Kier molecular flexibility index (Phi) is 106. The van der Waals surface area contributed by atoms with Crippen LogP contribution >= 0.6 is 0 Å². The number of aliphatic carboxylic acids is 4. The first-order valence-corrected chi connectivity index (χ1v) is 11.6. The van der Waals surface area contributed by atoms with Crippen molar-refractivity contribution < 1.29 is 58.8 Å². The van der Waals surface area contributed by atoms with Crippen LogP contribution in [0.15, 0.2) is 0 Å². The first-order chi connectivity index (χ1) is 17.9. The van der Waals surface area contributed by atoms with Gasteiger partial charge in [-0.3, -0.25) is 33.6 Å². The van der Waals surface area contributed by atoms with Crippen molar-refractivity contribution in [1.29, 1.82) is 0 Å². The molecule has 0 radical (unpaired) electrons. The summed E-state index contributed by atoms with van der Waals surface area (Å²) in [4.78, 5) is 85.2. The first-order valence-electron chi connectivity index (χ1n) is 11.6. The van der Waals surface area contributed by atoms with Crippen molar-refractivity contribution in [2.24, 2.45) is 0 Å². The Bertz CT molecular complexity index is 870. The van der Waals surface area contributed by atoms with E-state index in [2.05, 4.69) is 21.3 Å². The second-order valence-corrected chi connectivity index (χ2v) is 8.18. The van der Waals surface area contributed by atoms with Gasteiger partial charge in [0, 0.05) is 12.8 Å². The Morgan fingerprint density at radius 2 is 0.765 bits per heavy atom. The van der Waals surface area contributed by atoms with E-state index >= 15 is 0 Å². The van der Waals surface area contributed by atoms with Gasteiger partial charge in [-0.2, -0.15) is 0 Å². The molecule has 0 heterocycles. The topological polar surface area (TPSA) is 266 Å². The molecule has 0 aliphatic heterocycles. The zero-order valence-electron chi connectivity index (χ0n) is 22.9. The summed E-state index contributed by atoms with van der Waals surface area (Å²) in [5.41, 5.74) is 0. The molecule has 0 aliphatic rings. The smallest absolute Gasteiger partial charge is 0.326 e. The second-order valence-electron chi connectivity index (χ2n) is 8.18. The van der Waals surface area contributed by atoms with E-state index in [0.29, 0.717) is 6.42 Å². The number of carbonyl (C=O) groups is 8. The predicted octanol–water partition coefficient (Wildman–Crippen LogP) is 5.90. The van der Waals surface area contributed by atoms with Gasteiger partial charge in [-0.25, -0.2) is 4.79 Å². The third-order valence-electron chi connectivity index (χ3n) is 4.85. The first kappa shape index (κ1) is 97.2. The zero-order valence-corrected chi connectivity index (χ0v) is 22.9. The molecular weight excluding hydrogens is 668 g/mol. The summed E-state index contributed by atoms with van der Waals surface area (Å²) in [5, 5.41) is 43.9. The number of likely N-dealkylation sites (N-methyl/N-ethyl adjacent to an activating group) is 3. The number of hydrogen-bond acceptors (Lipinski definition) is 11. The summed E-state index contributed by atoms with van der Waals surface area (Å²) >= 11 is 0. The summed E-state index contributed by atoms with van der Waals surface area (Å²) in [5.74, 6) is -5.69. The van der Waals surface area contributed by atoms with Gasteiger partial charge in [0.25, 0.3) is 0 Å². The van der Waals surface area contributed by atoms with Gasteiger partial charge in [-0.05, 0) is 48.3 Å². The van der Waals surface area contributed by atoms with Crippen LogP contribution in [0.3, 0.4) is 0 Å². The average molecular weight is 757 g/mol. The number of amides is 1. The minimum absolute atomic E-state index is 0. The quantitative estimate of drug-likeness (QED) is 0.0859. The van der Waals surface area contributed by atoms with Crippen molar-refractivity contribution in [1.82, 2.24) is 21.3 Å². The van der Waals surface area contributed by atoms with Crippen molar-refractivity contribution in [3.8, 4) is 0 Å². The standard InChI is InChI=1S/C10H16N2O6.C7H13NO3.C6H11NO3.12CH4/c1-5(13)3-7(10(17)18)12-9(16)6(11-2)4-8(14)15;1-5(9)6(8-2)3-4-7(10)11;1-4(8)5(7-2)3-6(9)10;;;;;;;;;;;;/h6-7,11H,3-4H2,1-2H3,(H,12,16)(H,14,15)(H,17,18);6,8H,3-4H2,1-2H3,(H,10,11);5,7H,3H2,1-2H3,(H,9,10);12*1H4. The molecular formula is C35H88N4O12. The molecule has 1 amide bonds. The number of ketones is 3. The van der Waals surface area contributed by atoms with E-state index in [1.807, 2.05) is 0 Å². The Hall–Kier alpha value is -3.76. The number of carboxylic acid groups (broad SMARTS) is 4. The predicted molar refractivity (Wildman–Crippen MR) is 217 cm³/mol. The van der Waals surface area contributed by atoms with Crippen LogP contribution < -0.4 is 21.3 Å². The second kappa shape index (κ2) is 55.6. The average Bonchev–Trinajstić information content (AvgIpc) is 2.80. The summed E-state index contributed by atoms with van der Waals surface area (Å²) < 4.78 is 0. The molecule has 320 valence electrons. The molecule has 0 aliphatic carbocycles. The third-order valence-corrected chi connectivity index (χ3v) is 4.85.